The highest BCUT2D eigenvalue weighted by atomic mass is 35.5. The van der Waals surface area contributed by atoms with Gasteiger partial charge in [0.25, 0.3) is 5.91 Å². The number of carbonyl (C=O) groups is 2. The largest absolute Gasteiger partial charge is 0.337 e. The Hall–Kier alpha value is -2.35. The molecule has 0 aromatic carbocycles. The van der Waals surface area contributed by atoms with Crippen LogP contribution in [0.4, 0.5) is 5.69 Å². The highest BCUT2D eigenvalue weighted by Crippen LogP contribution is 2.22. The zero-order chi connectivity index (χ0) is 18.8. The fourth-order valence-corrected chi connectivity index (χ4v) is 3.30. The lowest BCUT2D eigenvalue weighted by molar-refractivity contribution is -0.119. The van der Waals surface area contributed by atoms with E-state index in [1.807, 2.05) is 4.90 Å². The van der Waals surface area contributed by atoms with Crippen LogP contribution in [0.3, 0.4) is 0 Å². The minimum absolute atomic E-state index is 0.106. The van der Waals surface area contributed by atoms with E-state index in [0.29, 0.717) is 22.1 Å². The number of aryl methyl sites for hydroxylation is 1. The zero-order valence-electron chi connectivity index (χ0n) is 15.2. The second-order valence-electron chi connectivity index (χ2n) is 6.57. The number of hydrogen-bond acceptors (Lipinski definition) is 4. The molecular formula is C17H23ClN6O2. The number of aromatic nitrogens is 4. The molecule has 2 amide bonds. The molecule has 0 aliphatic carbocycles. The number of nitrogens with zero attached hydrogens (tertiary/aromatic N) is 5. The summed E-state index contributed by atoms with van der Waals surface area (Å²) in [6.07, 6.45) is 6.16. The van der Waals surface area contributed by atoms with Crippen LogP contribution >= 0.6 is 11.6 Å². The molecule has 140 valence electrons. The Morgan fingerprint density at radius 3 is 2.50 bits per heavy atom. The summed E-state index contributed by atoms with van der Waals surface area (Å²) >= 11 is 6.02. The molecule has 1 unspecified atom stereocenters. The predicted octanol–water partition coefficient (Wildman–Crippen LogP) is 2.40. The number of amides is 2. The minimum Gasteiger partial charge on any atom is -0.337 e. The van der Waals surface area contributed by atoms with Crippen molar-refractivity contribution in [3.8, 4) is 0 Å². The second kappa shape index (κ2) is 7.49. The first-order valence-corrected chi connectivity index (χ1v) is 9.09. The van der Waals surface area contributed by atoms with Crippen LogP contribution in [-0.2, 0) is 11.8 Å². The van der Waals surface area contributed by atoms with Crippen LogP contribution in [-0.4, -0.2) is 49.4 Å². The molecule has 1 aliphatic heterocycles. The van der Waals surface area contributed by atoms with Gasteiger partial charge in [-0.05, 0) is 33.1 Å². The molecule has 0 spiro atoms. The molecule has 26 heavy (non-hydrogen) atoms. The predicted molar refractivity (Wildman–Crippen MR) is 98.3 cm³/mol. The van der Waals surface area contributed by atoms with Crippen LogP contribution in [0.15, 0.2) is 12.4 Å². The van der Waals surface area contributed by atoms with Gasteiger partial charge in [-0.3, -0.25) is 19.0 Å². The average Bonchev–Trinajstić information content (AvgIpc) is 3.17. The molecular weight excluding hydrogens is 356 g/mol. The lowest BCUT2D eigenvalue weighted by Gasteiger charge is -2.27. The molecule has 2 aromatic heterocycles. The van der Waals surface area contributed by atoms with Crippen molar-refractivity contribution in [2.75, 3.05) is 18.4 Å². The van der Waals surface area contributed by atoms with Crippen molar-refractivity contribution in [2.45, 2.75) is 39.2 Å². The van der Waals surface area contributed by atoms with Crippen molar-refractivity contribution in [1.29, 1.82) is 0 Å². The Bertz CT molecular complexity index is 821. The molecule has 0 saturated carbocycles. The normalized spacial score (nSPS) is 15.8. The van der Waals surface area contributed by atoms with Crippen LogP contribution in [0, 0.1) is 6.92 Å². The fourth-order valence-electron chi connectivity index (χ4n) is 3.17. The zero-order valence-corrected chi connectivity index (χ0v) is 16.0. The molecule has 8 nitrogen and oxygen atoms in total. The topological polar surface area (TPSA) is 85.0 Å². The maximum absolute atomic E-state index is 12.9. The number of nitrogens with one attached hydrogen (secondary N) is 1. The van der Waals surface area contributed by atoms with Crippen molar-refractivity contribution in [3.05, 3.63) is 28.8 Å². The van der Waals surface area contributed by atoms with Crippen LogP contribution < -0.4 is 5.32 Å². The van der Waals surface area contributed by atoms with Crippen LogP contribution in [0.1, 0.15) is 48.4 Å². The van der Waals surface area contributed by atoms with E-state index < -0.39 is 6.04 Å². The Morgan fingerprint density at radius 2 is 1.88 bits per heavy atom. The van der Waals surface area contributed by atoms with Crippen molar-refractivity contribution in [2.24, 2.45) is 7.05 Å². The third-order valence-electron chi connectivity index (χ3n) is 4.77. The van der Waals surface area contributed by atoms with Gasteiger partial charge in [0.2, 0.25) is 5.91 Å². The van der Waals surface area contributed by atoms with Gasteiger partial charge in [0.15, 0.2) is 0 Å². The van der Waals surface area contributed by atoms with E-state index in [1.54, 1.807) is 25.6 Å². The summed E-state index contributed by atoms with van der Waals surface area (Å²) in [5.41, 5.74) is 1.52. The summed E-state index contributed by atoms with van der Waals surface area (Å²) in [6, 6.07) is -0.569. The Labute approximate surface area is 157 Å². The molecule has 1 fully saturated rings. The number of halogens is 1. The Kier molecular flexibility index (Phi) is 5.31. The molecule has 1 saturated heterocycles. The third kappa shape index (κ3) is 3.46. The molecule has 1 aliphatic rings. The highest BCUT2D eigenvalue weighted by Gasteiger charge is 2.27. The number of rotatable bonds is 4. The van der Waals surface area contributed by atoms with Crippen LogP contribution in [0.25, 0.3) is 0 Å². The van der Waals surface area contributed by atoms with Gasteiger partial charge in [-0.25, -0.2) is 0 Å². The van der Waals surface area contributed by atoms with Crippen LogP contribution in [0.5, 0.6) is 0 Å². The maximum Gasteiger partial charge on any atom is 0.274 e. The summed E-state index contributed by atoms with van der Waals surface area (Å²) in [4.78, 5) is 27.3. The quantitative estimate of drug-likeness (QED) is 0.885. The SMILES string of the molecule is Cc1c(Cl)cnn1C(C)C(=O)Nc1cnn(C)c1C(=O)N1CCCCC1. The highest BCUT2D eigenvalue weighted by molar-refractivity contribution is 6.31. The van der Waals surface area contributed by atoms with Crippen molar-refractivity contribution in [3.63, 3.8) is 0 Å². The number of likely N-dealkylation sites (tertiary alicyclic amines) is 1. The average molecular weight is 379 g/mol. The molecule has 2 aromatic rings. The second-order valence-corrected chi connectivity index (χ2v) is 6.98. The monoisotopic (exact) mass is 378 g/mol. The number of carbonyl (C=O) groups excluding carboxylic acids is 2. The van der Waals surface area contributed by atoms with Gasteiger partial charge in [0.05, 0.1) is 28.8 Å². The lowest BCUT2D eigenvalue weighted by atomic mass is 10.1. The van der Waals surface area contributed by atoms with E-state index in [1.165, 1.54) is 17.1 Å². The molecule has 0 bridgehead atoms. The summed E-state index contributed by atoms with van der Waals surface area (Å²) in [5, 5.41) is 11.6. The van der Waals surface area contributed by atoms with Gasteiger partial charge in [-0.15, -0.1) is 0 Å². The molecule has 1 N–H and O–H groups in total. The number of piperidine rings is 1. The summed E-state index contributed by atoms with van der Waals surface area (Å²) in [6.45, 7) is 5.00. The van der Waals surface area contributed by atoms with Gasteiger partial charge in [-0.2, -0.15) is 10.2 Å². The standard InChI is InChI=1S/C17H23ClN6O2/c1-11-13(18)9-20-24(11)12(2)16(25)21-14-10-19-22(3)15(14)17(26)23-7-5-4-6-8-23/h9-10,12H,4-8H2,1-3H3,(H,21,25). The van der Waals surface area contributed by atoms with Crippen molar-refractivity contribution < 1.29 is 9.59 Å². The van der Waals surface area contributed by atoms with Gasteiger partial charge >= 0.3 is 0 Å². The Balaban J connectivity index is 1.79. The number of anilines is 1. The smallest absolute Gasteiger partial charge is 0.274 e. The molecule has 1 atom stereocenters. The molecule has 9 heteroatoms. The maximum atomic E-state index is 12.9. The van der Waals surface area contributed by atoms with E-state index in [-0.39, 0.29) is 11.8 Å². The fraction of sp³-hybridized carbons (Fsp3) is 0.529. The first-order chi connectivity index (χ1) is 12.4. The van der Waals surface area contributed by atoms with E-state index in [0.717, 1.165) is 32.4 Å². The first-order valence-electron chi connectivity index (χ1n) is 8.72. The molecule has 3 rings (SSSR count). The summed E-state index contributed by atoms with van der Waals surface area (Å²) < 4.78 is 3.06. The van der Waals surface area contributed by atoms with Crippen molar-refractivity contribution in [1.82, 2.24) is 24.5 Å². The lowest BCUT2D eigenvalue weighted by Crippen LogP contribution is -2.37. The molecule has 0 radical (unpaired) electrons. The van der Waals surface area contributed by atoms with E-state index in [4.69, 9.17) is 11.6 Å². The van der Waals surface area contributed by atoms with E-state index >= 15 is 0 Å². The van der Waals surface area contributed by atoms with Gasteiger partial charge in [0, 0.05) is 20.1 Å². The third-order valence-corrected chi connectivity index (χ3v) is 5.14. The van der Waals surface area contributed by atoms with Crippen molar-refractivity contribution >= 4 is 29.1 Å². The van der Waals surface area contributed by atoms with E-state index in [2.05, 4.69) is 15.5 Å². The van der Waals surface area contributed by atoms with Gasteiger partial charge < -0.3 is 10.2 Å². The van der Waals surface area contributed by atoms with Crippen LogP contribution in [0.2, 0.25) is 5.02 Å². The summed E-state index contributed by atoms with van der Waals surface area (Å²) in [5.74, 6) is -0.389. The minimum atomic E-state index is -0.569. The van der Waals surface area contributed by atoms with E-state index in [9.17, 15) is 9.59 Å². The molecule has 3 heterocycles. The van der Waals surface area contributed by atoms with Gasteiger partial charge in [0.1, 0.15) is 11.7 Å². The first kappa shape index (κ1) is 18.4. The van der Waals surface area contributed by atoms with Gasteiger partial charge in [-0.1, -0.05) is 11.6 Å². The Morgan fingerprint density at radius 1 is 1.19 bits per heavy atom. The summed E-state index contributed by atoms with van der Waals surface area (Å²) in [7, 11) is 1.70. The number of hydrogen-bond donors (Lipinski definition) is 1.